The molecule has 2 heterocycles. The monoisotopic (exact) mass is 723 g/mol. The predicted octanol–water partition coefficient (Wildman–Crippen LogP) is 12.7. The average Bonchev–Trinajstić information content (AvgIpc) is 3.64. The van der Waals surface area contributed by atoms with Gasteiger partial charge in [0.1, 0.15) is 0 Å². The molecule has 56 heavy (non-hydrogen) atoms. The normalized spacial score (nSPS) is 14.0. The number of fused-ring (bicyclic) bond motifs is 8. The van der Waals surface area contributed by atoms with Crippen LogP contribution >= 0.6 is 0 Å². The van der Waals surface area contributed by atoms with Crippen LogP contribution in [-0.2, 0) is 16.2 Å². The summed E-state index contributed by atoms with van der Waals surface area (Å²) in [6.07, 6.45) is 0. The molecular weight excluding hydrogens is 675 g/mol. The van der Waals surface area contributed by atoms with Crippen LogP contribution in [0.3, 0.4) is 0 Å². The Labute approximate surface area is 332 Å². The fourth-order valence-electron chi connectivity index (χ4n) is 9.43. The Morgan fingerprint density at radius 2 is 1.21 bits per heavy atom. The van der Waals surface area contributed by atoms with Gasteiger partial charge in [-0.1, -0.05) is 158 Å². The number of nitrogens with one attached hydrogen (secondary N) is 1. The first-order chi connectivity index (χ1) is 26.8. The number of anilines is 2. The van der Waals surface area contributed by atoms with Crippen molar-refractivity contribution in [2.75, 3.05) is 5.32 Å². The Balaban J connectivity index is 1.29. The minimum atomic E-state index is -0.0934. The van der Waals surface area contributed by atoms with E-state index in [1.165, 1.54) is 94.1 Å². The minimum Gasteiger partial charge on any atom is -0.355 e. The van der Waals surface area contributed by atoms with Crippen molar-refractivity contribution in [3.63, 3.8) is 0 Å². The zero-order valence-corrected chi connectivity index (χ0v) is 33.8. The van der Waals surface area contributed by atoms with Crippen LogP contribution in [0.15, 0.2) is 140 Å². The lowest BCUT2D eigenvalue weighted by molar-refractivity contribution is 0.590. The lowest BCUT2D eigenvalue weighted by Gasteiger charge is -2.27. The third kappa shape index (κ3) is 5.24. The molecule has 1 aliphatic heterocycles. The molecule has 0 unspecified atom stereocenters. The maximum Gasteiger partial charge on any atom is 0.197 e. The first-order valence-corrected chi connectivity index (χ1v) is 20.1. The van der Waals surface area contributed by atoms with Gasteiger partial charge in [-0.25, -0.2) is 0 Å². The van der Waals surface area contributed by atoms with E-state index in [1.807, 2.05) is 0 Å². The second-order valence-electron chi connectivity index (χ2n) is 18.6. The molecule has 0 amide bonds. The van der Waals surface area contributed by atoms with Crippen LogP contribution in [0.1, 0.15) is 77.6 Å². The molecule has 2 nitrogen and oxygen atoms in total. The zero-order chi connectivity index (χ0) is 38.7. The zero-order valence-electron chi connectivity index (χ0n) is 33.8. The van der Waals surface area contributed by atoms with Gasteiger partial charge in [0.05, 0.1) is 5.52 Å². The number of para-hydroxylation sites is 1. The number of hydrogen-bond acceptors (Lipinski definition) is 1. The molecule has 0 saturated carbocycles. The van der Waals surface area contributed by atoms with Crippen molar-refractivity contribution in [2.24, 2.45) is 0 Å². The molecule has 0 spiro atoms. The number of nitrogens with zero attached hydrogens (tertiary/aromatic N) is 1. The summed E-state index contributed by atoms with van der Waals surface area (Å²) < 4.78 is 2.59. The first kappa shape index (κ1) is 34.7. The van der Waals surface area contributed by atoms with E-state index in [0.717, 1.165) is 11.4 Å². The van der Waals surface area contributed by atoms with Gasteiger partial charge in [0.25, 0.3) is 0 Å². The highest BCUT2D eigenvalue weighted by Crippen LogP contribution is 2.50. The van der Waals surface area contributed by atoms with E-state index in [2.05, 4.69) is 212 Å². The third-order valence-corrected chi connectivity index (χ3v) is 12.5. The molecule has 1 radical (unpaired) electrons. The van der Waals surface area contributed by atoms with Gasteiger partial charge in [-0.15, -0.1) is 0 Å². The van der Waals surface area contributed by atoms with Gasteiger partial charge in [-0.2, -0.15) is 0 Å². The molecule has 1 aliphatic carbocycles. The Kier molecular flexibility index (Phi) is 7.49. The summed E-state index contributed by atoms with van der Waals surface area (Å²) in [7, 11) is 2.49. The van der Waals surface area contributed by atoms with Crippen molar-refractivity contribution in [3.8, 4) is 39.1 Å². The summed E-state index contributed by atoms with van der Waals surface area (Å²) in [4.78, 5) is 0. The lowest BCUT2D eigenvalue weighted by Crippen LogP contribution is -2.38. The molecule has 1 aromatic heterocycles. The van der Waals surface area contributed by atoms with E-state index >= 15 is 0 Å². The molecular formula is C53H48BN2. The molecule has 2 aliphatic rings. The van der Waals surface area contributed by atoms with Crippen LogP contribution in [0.5, 0.6) is 0 Å². The number of hydrogen-bond donors (Lipinski definition) is 1. The Bertz CT molecular complexity index is 2880. The first-order valence-electron chi connectivity index (χ1n) is 20.1. The van der Waals surface area contributed by atoms with Crippen molar-refractivity contribution in [1.29, 1.82) is 0 Å². The molecule has 0 bridgehead atoms. The Morgan fingerprint density at radius 3 is 1.95 bits per heavy atom. The van der Waals surface area contributed by atoms with E-state index < -0.39 is 0 Å². The fourth-order valence-corrected chi connectivity index (χ4v) is 9.43. The second-order valence-corrected chi connectivity index (χ2v) is 18.6. The van der Waals surface area contributed by atoms with Crippen molar-refractivity contribution >= 4 is 51.4 Å². The van der Waals surface area contributed by atoms with Crippen molar-refractivity contribution in [1.82, 2.24) is 4.57 Å². The molecule has 0 fully saturated rings. The maximum atomic E-state index is 3.84. The Morgan fingerprint density at radius 1 is 0.554 bits per heavy atom. The molecule has 8 aromatic rings. The van der Waals surface area contributed by atoms with E-state index in [-0.39, 0.29) is 16.2 Å². The molecule has 0 atom stereocenters. The van der Waals surface area contributed by atoms with Gasteiger partial charge in [0.2, 0.25) is 0 Å². The van der Waals surface area contributed by atoms with Crippen LogP contribution in [0.2, 0.25) is 0 Å². The largest absolute Gasteiger partial charge is 0.355 e. The van der Waals surface area contributed by atoms with Gasteiger partial charge in [-0.05, 0) is 109 Å². The van der Waals surface area contributed by atoms with Crippen molar-refractivity contribution < 1.29 is 0 Å². The minimum absolute atomic E-state index is 0.00825. The standard InChI is InChI=1S/C53H48BN2/c1-51(2,3)33-22-25-35(26-23-33)55-45-21-15-13-19-37(45)40-29-38(32-16-10-9-11-17-32)48-41-28-34(52(4,5)6)24-27-46(41)56-47-30-39-36-18-12-14-20-42(36)53(7,8)43(39)31-44(47)54-49(40)50(48)56/h9-31,55H,1-8H3. The third-order valence-electron chi connectivity index (χ3n) is 12.5. The molecule has 0 saturated heterocycles. The fraction of sp³-hybridized carbons (Fsp3) is 0.208. The van der Waals surface area contributed by atoms with E-state index in [4.69, 9.17) is 0 Å². The molecule has 1 N–H and O–H groups in total. The van der Waals surface area contributed by atoms with E-state index in [1.54, 1.807) is 0 Å². The van der Waals surface area contributed by atoms with Gasteiger partial charge in [0.15, 0.2) is 7.28 Å². The molecule has 10 rings (SSSR count). The van der Waals surface area contributed by atoms with Crippen LogP contribution in [0.4, 0.5) is 11.4 Å². The summed E-state index contributed by atoms with van der Waals surface area (Å²) >= 11 is 0. The summed E-state index contributed by atoms with van der Waals surface area (Å²) in [5, 5.41) is 6.45. The SMILES string of the molecule is CC(C)(C)c1ccc(Nc2ccccc2-c2cc(-c3ccccc3)c3c4cc(C(C)(C)C)ccc4n4c3c2[B]c2cc3c(cc2-4)-c2ccccc2C3(C)C)cc1. The summed E-state index contributed by atoms with van der Waals surface area (Å²) in [6, 6.07) is 52.4. The lowest BCUT2D eigenvalue weighted by atomic mass is 9.58. The molecule has 3 heteroatoms. The summed E-state index contributed by atoms with van der Waals surface area (Å²) in [6.45, 7) is 18.5. The highest BCUT2D eigenvalue weighted by Gasteiger charge is 2.38. The van der Waals surface area contributed by atoms with Gasteiger partial charge in [0, 0.05) is 44.3 Å². The highest BCUT2D eigenvalue weighted by molar-refractivity contribution is 6.73. The van der Waals surface area contributed by atoms with Crippen LogP contribution in [-0.4, -0.2) is 11.8 Å². The second kappa shape index (κ2) is 12.1. The van der Waals surface area contributed by atoms with Gasteiger partial charge < -0.3 is 9.88 Å². The van der Waals surface area contributed by atoms with E-state index in [0.29, 0.717) is 0 Å². The quantitative estimate of drug-likeness (QED) is 0.179. The highest BCUT2D eigenvalue weighted by atomic mass is 15.0. The van der Waals surface area contributed by atoms with Crippen LogP contribution in [0, 0.1) is 0 Å². The molecule has 273 valence electrons. The number of rotatable bonds is 4. The smallest absolute Gasteiger partial charge is 0.197 e. The topological polar surface area (TPSA) is 17.0 Å². The number of benzene rings is 7. The Hall–Kier alpha value is -5.80. The van der Waals surface area contributed by atoms with Crippen molar-refractivity contribution in [3.05, 3.63) is 162 Å². The van der Waals surface area contributed by atoms with Crippen LogP contribution < -0.4 is 16.2 Å². The van der Waals surface area contributed by atoms with Gasteiger partial charge >= 0.3 is 0 Å². The molecule has 7 aromatic carbocycles. The summed E-state index contributed by atoms with van der Waals surface area (Å²) in [5.41, 5.74) is 21.5. The maximum absolute atomic E-state index is 3.84. The van der Waals surface area contributed by atoms with Crippen LogP contribution in [0.25, 0.3) is 60.9 Å². The predicted molar refractivity (Wildman–Crippen MR) is 241 cm³/mol. The van der Waals surface area contributed by atoms with Crippen molar-refractivity contribution in [2.45, 2.75) is 71.6 Å². The van der Waals surface area contributed by atoms with E-state index in [9.17, 15) is 0 Å². The summed E-state index contributed by atoms with van der Waals surface area (Å²) in [5.74, 6) is 0. The average molecular weight is 724 g/mol. The van der Waals surface area contributed by atoms with Gasteiger partial charge in [-0.3, -0.25) is 0 Å². The number of aromatic nitrogens is 1.